The van der Waals surface area contributed by atoms with Crippen molar-refractivity contribution >= 4 is 5.97 Å². The lowest BCUT2D eigenvalue weighted by Gasteiger charge is -2.06. The Balaban J connectivity index is 3.19. The first-order valence-corrected chi connectivity index (χ1v) is 6.19. The van der Waals surface area contributed by atoms with E-state index in [0.29, 0.717) is 18.6 Å². The molecule has 0 aliphatic rings. The standard InChI is InChI=1S/C13H24O4/c1-11(2)13(16)17-9-7-5-3-4-6-8-12(15)10-14/h12,14-15H,1,3-10H2,2H3. The summed E-state index contributed by atoms with van der Waals surface area (Å²) in [7, 11) is 0. The third-order valence-electron chi connectivity index (χ3n) is 2.47. The average Bonchev–Trinajstić information content (AvgIpc) is 2.31. The van der Waals surface area contributed by atoms with Gasteiger partial charge in [-0.1, -0.05) is 32.3 Å². The van der Waals surface area contributed by atoms with Crippen LogP contribution in [-0.4, -0.2) is 35.5 Å². The maximum Gasteiger partial charge on any atom is 0.333 e. The molecular weight excluding hydrogens is 220 g/mol. The van der Waals surface area contributed by atoms with Crippen molar-refractivity contribution in [3.8, 4) is 0 Å². The molecule has 0 aliphatic heterocycles. The van der Waals surface area contributed by atoms with Crippen molar-refractivity contribution < 1.29 is 19.7 Å². The normalized spacial score (nSPS) is 12.2. The molecule has 0 spiro atoms. The van der Waals surface area contributed by atoms with E-state index in [-0.39, 0.29) is 12.6 Å². The van der Waals surface area contributed by atoms with Crippen molar-refractivity contribution in [2.45, 2.75) is 51.6 Å². The van der Waals surface area contributed by atoms with Crippen molar-refractivity contribution in [3.05, 3.63) is 12.2 Å². The molecule has 4 heteroatoms. The molecule has 0 amide bonds. The van der Waals surface area contributed by atoms with Crippen LogP contribution in [0.5, 0.6) is 0 Å². The quantitative estimate of drug-likeness (QED) is 0.349. The van der Waals surface area contributed by atoms with E-state index in [1.807, 2.05) is 0 Å². The Hall–Kier alpha value is -0.870. The molecule has 100 valence electrons. The summed E-state index contributed by atoms with van der Waals surface area (Å²) in [4.78, 5) is 11.0. The summed E-state index contributed by atoms with van der Waals surface area (Å²) in [5.74, 6) is -0.323. The number of ether oxygens (including phenoxy) is 1. The van der Waals surface area contributed by atoms with Crippen LogP contribution >= 0.6 is 0 Å². The molecule has 0 bridgehead atoms. The lowest BCUT2D eigenvalue weighted by atomic mass is 10.1. The van der Waals surface area contributed by atoms with E-state index < -0.39 is 6.10 Å². The summed E-state index contributed by atoms with van der Waals surface area (Å²) >= 11 is 0. The summed E-state index contributed by atoms with van der Waals surface area (Å²) in [5, 5.41) is 17.7. The van der Waals surface area contributed by atoms with Gasteiger partial charge in [0.15, 0.2) is 0 Å². The van der Waals surface area contributed by atoms with Crippen molar-refractivity contribution in [2.75, 3.05) is 13.2 Å². The molecule has 0 aromatic rings. The van der Waals surface area contributed by atoms with E-state index in [4.69, 9.17) is 14.9 Å². The van der Waals surface area contributed by atoms with Crippen LogP contribution < -0.4 is 0 Å². The maximum atomic E-state index is 11.0. The first-order valence-electron chi connectivity index (χ1n) is 6.19. The highest BCUT2D eigenvalue weighted by Gasteiger charge is 2.02. The van der Waals surface area contributed by atoms with Gasteiger partial charge < -0.3 is 14.9 Å². The molecule has 0 aromatic carbocycles. The van der Waals surface area contributed by atoms with Crippen LogP contribution in [0.1, 0.15) is 45.4 Å². The summed E-state index contributed by atoms with van der Waals surface area (Å²) in [5.41, 5.74) is 0.433. The van der Waals surface area contributed by atoms with Crippen LogP contribution in [0.25, 0.3) is 0 Å². The zero-order valence-corrected chi connectivity index (χ0v) is 10.7. The molecule has 0 heterocycles. The molecular formula is C13H24O4. The topological polar surface area (TPSA) is 66.8 Å². The minimum Gasteiger partial charge on any atom is -0.462 e. The minimum atomic E-state index is -0.577. The number of unbranched alkanes of at least 4 members (excludes halogenated alkanes) is 4. The van der Waals surface area contributed by atoms with Crippen LogP contribution in [0.3, 0.4) is 0 Å². The van der Waals surface area contributed by atoms with E-state index in [1.165, 1.54) is 0 Å². The Bertz CT molecular complexity index is 225. The van der Waals surface area contributed by atoms with Gasteiger partial charge in [0.25, 0.3) is 0 Å². The smallest absolute Gasteiger partial charge is 0.333 e. The van der Waals surface area contributed by atoms with Gasteiger partial charge in [0.05, 0.1) is 19.3 Å². The Morgan fingerprint density at radius 3 is 2.41 bits per heavy atom. The first-order chi connectivity index (χ1) is 8.07. The second-order valence-electron chi connectivity index (χ2n) is 4.31. The highest BCUT2D eigenvalue weighted by atomic mass is 16.5. The second-order valence-corrected chi connectivity index (χ2v) is 4.31. The Morgan fingerprint density at radius 2 is 1.82 bits per heavy atom. The monoisotopic (exact) mass is 244 g/mol. The van der Waals surface area contributed by atoms with Gasteiger partial charge in [0.1, 0.15) is 0 Å². The summed E-state index contributed by atoms with van der Waals surface area (Å²) in [6, 6.07) is 0. The van der Waals surface area contributed by atoms with Gasteiger partial charge in [0.2, 0.25) is 0 Å². The van der Waals surface area contributed by atoms with E-state index in [9.17, 15) is 4.79 Å². The predicted octanol–water partition coefficient (Wildman–Crippen LogP) is 1.80. The van der Waals surface area contributed by atoms with Gasteiger partial charge in [-0.05, 0) is 19.8 Å². The van der Waals surface area contributed by atoms with Gasteiger partial charge in [-0.25, -0.2) is 4.79 Å². The van der Waals surface area contributed by atoms with Gasteiger partial charge >= 0.3 is 5.97 Å². The molecule has 2 N–H and O–H groups in total. The molecule has 4 nitrogen and oxygen atoms in total. The number of aliphatic hydroxyl groups excluding tert-OH is 2. The van der Waals surface area contributed by atoms with E-state index in [1.54, 1.807) is 6.92 Å². The fraction of sp³-hybridized carbons (Fsp3) is 0.769. The number of rotatable bonds is 10. The molecule has 0 fully saturated rings. The molecule has 17 heavy (non-hydrogen) atoms. The fourth-order valence-electron chi connectivity index (χ4n) is 1.39. The third kappa shape index (κ3) is 10.0. The molecule has 0 aliphatic carbocycles. The molecule has 0 rings (SSSR count). The molecule has 0 aromatic heterocycles. The number of carbonyl (C=O) groups is 1. The molecule has 1 unspecified atom stereocenters. The fourth-order valence-corrected chi connectivity index (χ4v) is 1.39. The van der Waals surface area contributed by atoms with E-state index in [0.717, 1.165) is 32.1 Å². The average molecular weight is 244 g/mol. The minimum absolute atomic E-state index is 0.156. The molecule has 1 atom stereocenters. The van der Waals surface area contributed by atoms with Gasteiger partial charge in [-0.2, -0.15) is 0 Å². The summed E-state index contributed by atoms with van der Waals surface area (Å²) < 4.78 is 4.95. The highest BCUT2D eigenvalue weighted by molar-refractivity contribution is 5.86. The summed E-state index contributed by atoms with van der Waals surface area (Å²) in [6.45, 7) is 5.43. The van der Waals surface area contributed by atoms with Crippen LogP contribution in [0.4, 0.5) is 0 Å². The molecule has 0 saturated heterocycles. The Labute approximate surface area is 103 Å². The number of hydrogen-bond donors (Lipinski definition) is 2. The largest absolute Gasteiger partial charge is 0.462 e. The van der Waals surface area contributed by atoms with E-state index in [2.05, 4.69) is 6.58 Å². The number of carbonyl (C=O) groups excluding carboxylic acids is 1. The third-order valence-corrected chi connectivity index (χ3v) is 2.47. The van der Waals surface area contributed by atoms with Crippen LogP contribution in [0.15, 0.2) is 12.2 Å². The predicted molar refractivity (Wildman–Crippen MR) is 66.6 cm³/mol. The van der Waals surface area contributed by atoms with Crippen molar-refractivity contribution in [1.29, 1.82) is 0 Å². The number of hydrogen-bond acceptors (Lipinski definition) is 4. The zero-order valence-electron chi connectivity index (χ0n) is 10.7. The lowest BCUT2D eigenvalue weighted by Crippen LogP contribution is -2.11. The van der Waals surface area contributed by atoms with E-state index >= 15 is 0 Å². The van der Waals surface area contributed by atoms with Crippen molar-refractivity contribution in [1.82, 2.24) is 0 Å². The van der Waals surface area contributed by atoms with Crippen LogP contribution in [0.2, 0.25) is 0 Å². The highest BCUT2D eigenvalue weighted by Crippen LogP contribution is 2.07. The Morgan fingerprint density at radius 1 is 1.24 bits per heavy atom. The van der Waals surface area contributed by atoms with Crippen LogP contribution in [-0.2, 0) is 9.53 Å². The van der Waals surface area contributed by atoms with Gasteiger partial charge in [-0.15, -0.1) is 0 Å². The Kier molecular flexibility index (Phi) is 9.77. The van der Waals surface area contributed by atoms with Gasteiger partial charge in [0, 0.05) is 5.57 Å². The first kappa shape index (κ1) is 16.1. The SMILES string of the molecule is C=C(C)C(=O)OCCCCCCCC(O)CO. The molecule has 0 radical (unpaired) electrons. The maximum absolute atomic E-state index is 11.0. The number of esters is 1. The lowest BCUT2D eigenvalue weighted by molar-refractivity contribution is -0.139. The van der Waals surface area contributed by atoms with Crippen LogP contribution in [0, 0.1) is 0 Å². The number of aliphatic hydroxyl groups is 2. The van der Waals surface area contributed by atoms with Crippen molar-refractivity contribution in [2.24, 2.45) is 0 Å². The van der Waals surface area contributed by atoms with Gasteiger partial charge in [-0.3, -0.25) is 0 Å². The summed E-state index contributed by atoms with van der Waals surface area (Å²) in [6.07, 6.45) is 4.97. The van der Waals surface area contributed by atoms with Crippen molar-refractivity contribution in [3.63, 3.8) is 0 Å². The second kappa shape index (κ2) is 10.3. The molecule has 0 saturated carbocycles. The zero-order chi connectivity index (χ0) is 13.1.